The number of carboxylic acids is 1. The molecule has 4 heteroatoms. The zero-order valence-electron chi connectivity index (χ0n) is 18.2. The fourth-order valence-electron chi connectivity index (χ4n) is 4.41. The number of unbranched alkanes of at least 4 members (excludes halogenated alkanes) is 1. The molecule has 0 spiro atoms. The number of aliphatic carboxylic acids is 1. The number of aryl methyl sites for hydroxylation is 1. The molecule has 0 fully saturated rings. The molecule has 0 saturated heterocycles. The Bertz CT molecular complexity index is 1430. The monoisotopic (exact) mass is 432 g/mol. The summed E-state index contributed by atoms with van der Waals surface area (Å²) < 4.78 is 0. The molecule has 33 heavy (non-hydrogen) atoms. The van der Waals surface area contributed by atoms with Crippen molar-refractivity contribution in [1.29, 1.82) is 0 Å². The van der Waals surface area contributed by atoms with E-state index in [-0.39, 0.29) is 6.42 Å². The lowest BCUT2D eigenvalue weighted by molar-refractivity contribution is -0.137. The Morgan fingerprint density at radius 2 is 1.24 bits per heavy atom. The van der Waals surface area contributed by atoms with Crippen molar-refractivity contribution in [1.82, 2.24) is 9.97 Å². The first-order chi connectivity index (χ1) is 16.2. The normalized spacial score (nSPS) is 11.2. The Morgan fingerprint density at radius 3 is 1.82 bits per heavy atom. The van der Waals surface area contributed by atoms with E-state index >= 15 is 0 Å². The van der Waals surface area contributed by atoms with Gasteiger partial charge >= 0.3 is 5.97 Å². The Morgan fingerprint density at radius 1 is 0.667 bits per heavy atom. The largest absolute Gasteiger partial charge is 0.481 e. The quantitative estimate of drug-likeness (QED) is 0.224. The molecule has 3 aromatic carbocycles. The summed E-state index contributed by atoms with van der Waals surface area (Å²) in [6.07, 6.45) is 6.42. The molecular weight excluding hydrogens is 408 g/mol. The lowest BCUT2D eigenvalue weighted by atomic mass is 9.96. The molecule has 1 N–H and O–H groups in total. The van der Waals surface area contributed by atoms with Gasteiger partial charge in [0.1, 0.15) is 0 Å². The minimum Gasteiger partial charge on any atom is -0.481 e. The Kier molecular flexibility index (Phi) is 5.81. The van der Waals surface area contributed by atoms with Crippen molar-refractivity contribution in [3.63, 3.8) is 0 Å². The summed E-state index contributed by atoms with van der Waals surface area (Å²) in [5.41, 5.74) is 7.62. The molecule has 0 atom stereocenters. The maximum absolute atomic E-state index is 10.7. The van der Waals surface area contributed by atoms with Crippen molar-refractivity contribution in [2.24, 2.45) is 0 Å². The third-order valence-electron chi connectivity index (χ3n) is 6.08. The average Bonchev–Trinajstić information content (AvgIpc) is 2.86. The van der Waals surface area contributed by atoms with Crippen LogP contribution in [-0.2, 0) is 11.2 Å². The van der Waals surface area contributed by atoms with Crippen LogP contribution in [0.2, 0.25) is 0 Å². The number of pyridine rings is 2. The van der Waals surface area contributed by atoms with E-state index in [1.54, 1.807) is 0 Å². The summed E-state index contributed by atoms with van der Waals surface area (Å²) >= 11 is 0. The van der Waals surface area contributed by atoms with Gasteiger partial charge in [0.15, 0.2) is 0 Å². The topological polar surface area (TPSA) is 63.1 Å². The summed E-state index contributed by atoms with van der Waals surface area (Å²) in [4.78, 5) is 20.1. The summed E-state index contributed by atoms with van der Waals surface area (Å²) in [5, 5.41) is 11.0. The van der Waals surface area contributed by atoms with Crippen LogP contribution < -0.4 is 0 Å². The minimum absolute atomic E-state index is 0.231. The number of rotatable bonds is 7. The second-order valence-corrected chi connectivity index (χ2v) is 8.24. The fraction of sp³-hybridized carbons (Fsp3) is 0.138. The molecule has 162 valence electrons. The van der Waals surface area contributed by atoms with Crippen LogP contribution in [0.15, 0.2) is 91.3 Å². The predicted molar refractivity (Wildman–Crippen MR) is 133 cm³/mol. The predicted octanol–water partition coefficient (Wildman–Crippen LogP) is 6.91. The molecule has 4 nitrogen and oxygen atoms in total. The summed E-state index contributed by atoms with van der Waals surface area (Å²) in [7, 11) is 0. The number of carboxylic acid groups (broad SMARTS) is 1. The van der Waals surface area contributed by atoms with E-state index in [0.29, 0.717) is 6.42 Å². The van der Waals surface area contributed by atoms with Crippen LogP contribution in [0.4, 0.5) is 0 Å². The standard InChI is InChI=1S/C29H24N2O2/c32-27(33)9-5-4-6-20-10-12-22(13-11-20)24-17-19-31-29-26(24)15-14-25-23(16-18-30-28(25)29)21-7-2-1-3-8-21/h1-3,7-8,10-19H,4-6,9H2,(H,32,33). The molecular formula is C29H24N2O2. The first-order valence-corrected chi connectivity index (χ1v) is 11.2. The Hall–Kier alpha value is -4.05. The van der Waals surface area contributed by atoms with E-state index < -0.39 is 5.97 Å². The Balaban J connectivity index is 1.50. The van der Waals surface area contributed by atoms with Gasteiger partial charge in [0.25, 0.3) is 0 Å². The van der Waals surface area contributed by atoms with E-state index in [4.69, 9.17) is 15.1 Å². The minimum atomic E-state index is -0.729. The van der Waals surface area contributed by atoms with Crippen LogP contribution in [0.25, 0.3) is 44.1 Å². The van der Waals surface area contributed by atoms with Crippen molar-refractivity contribution < 1.29 is 9.90 Å². The van der Waals surface area contributed by atoms with Crippen LogP contribution in [0.1, 0.15) is 24.8 Å². The summed E-state index contributed by atoms with van der Waals surface area (Å²) in [6.45, 7) is 0. The SMILES string of the molecule is O=C(O)CCCCc1ccc(-c2ccnc3c2ccc2c(-c4ccccc4)ccnc23)cc1. The van der Waals surface area contributed by atoms with E-state index in [0.717, 1.165) is 51.3 Å². The zero-order chi connectivity index (χ0) is 22.6. The third-order valence-corrected chi connectivity index (χ3v) is 6.08. The number of hydrogen-bond acceptors (Lipinski definition) is 3. The third kappa shape index (κ3) is 4.33. The van der Waals surface area contributed by atoms with Gasteiger partial charge in [-0.25, -0.2) is 0 Å². The van der Waals surface area contributed by atoms with Crippen LogP contribution in [0.5, 0.6) is 0 Å². The van der Waals surface area contributed by atoms with E-state index in [9.17, 15) is 4.79 Å². The van der Waals surface area contributed by atoms with Gasteiger partial charge in [-0.05, 0) is 59.2 Å². The van der Waals surface area contributed by atoms with Gasteiger partial charge in [0.2, 0.25) is 0 Å². The number of fused-ring (bicyclic) bond motifs is 3. The molecule has 2 aromatic heterocycles. The van der Waals surface area contributed by atoms with Gasteiger partial charge in [-0.3, -0.25) is 14.8 Å². The van der Waals surface area contributed by atoms with E-state index in [1.807, 2.05) is 18.5 Å². The fourth-order valence-corrected chi connectivity index (χ4v) is 4.41. The van der Waals surface area contributed by atoms with Crippen molar-refractivity contribution >= 4 is 27.8 Å². The first kappa shape index (κ1) is 20.8. The van der Waals surface area contributed by atoms with E-state index in [2.05, 4.69) is 72.8 Å². The molecule has 0 aliphatic carbocycles. The molecule has 5 rings (SSSR count). The number of benzene rings is 3. The highest BCUT2D eigenvalue weighted by molar-refractivity contribution is 6.11. The Labute approximate surface area is 192 Å². The smallest absolute Gasteiger partial charge is 0.303 e. The number of hydrogen-bond donors (Lipinski definition) is 1. The van der Waals surface area contributed by atoms with Crippen LogP contribution in [0.3, 0.4) is 0 Å². The van der Waals surface area contributed by atoms with Crippen molar-refractivity contribution in [3.8, 4) is 22.3 Å². The second-order valence-electron chi connectivity index (χ2n) is 8.24. The van der Waals surface area contributed by atoms with Gasteiger partial charge in [-0.1, -0.05) is 66.7 Å². The number of carbonyl (C=O) groups is 1. The maximum Gasteiger partial charge on any atom is 0.303 e. The lowest BCUT2D eigenvalue weighted by Gasteiger charge is -2.11. The van der Waals surface area contributed by atoms with Crippen LogP contribution >= 0.6 is 0 Å². The molecule has 0 radical (unpaired) electrons. The molecule has 0 bridgehead atoms. The molecule has 2 heterocycles. The van der Waals surface area contributed by atoms with Crippen LogP contribution in [0, 0.1) is 0 Å². The molecule has 0 saturated carbocycles. The highest BCUT2D eigenvalue weighted by atomic mass is 16.4. The van der Waals surface area contributed by atoms with Gasteiger partial charge < -0.3 is 5.11 Å². The number of aromatic nitrogens is 2. The maximum atomic E-state index is 10.7. The summed E-state index contributed by atoms with van der Waals surface area (Å²) in [6, 6.07) is 27.3. The first-order valence-electron chi connectivity index (χ1n) is 11.2. The second kappa shape index (κ2) is 9.21. The van der Waals surface area contributed by atoms with Gasteiger partial charge in [0, 0.05) is 29.6 Å². The zero-order valence-corrected chi connectivity index (χ0v) is 18.2. The molecule has 5 aromatic rings. The highest BCUT2D eigenvalue weighted by Gasteiger charge is 2.12. The molecule has 0 aliphatic rings. The van der Waals surface area contributed by atoms with Gasteiger partial charge in [0.05, 0.1) is 11.0 Å². The van der Waals surface area contributed by atoms with Crippen molar-refractivity contribution in [3.05, 3.63) is 96.8 Å². The number of nitrogens with zero attached hydrogens (tertiary/aromatic N) is 2. The highest BCUT2D eigenvalue weighted by Crippen LogP contribution is 2.35. The van der Waals surface area contributed by atoms with Crippen molar-refractivity contribution in [2.45, 2.75) is 25.7 Å². The molecule has 0 unspecified atom stereocenters. The van der Waals surface area contributed by atoms with Crippen LogP contribution in [-0.4, -0.2) is 21.0 Å². The average molecular weight is 433 g/mol. The van der Waals surface area contributed by atoms with Gasteiger partial charge in [-0.2, -0.15) is 0 Å². The van der Waals surface area contributed by atoms with Crippen molar-refractivity contribution in [2.75, 3.05) is 0 Å². The molecule has 0 amide bonds. The van der Waals surface area contributed by atoms with Gasteiger partial charge in [-0.15, -0.1) is 0 Å². The molecule has 0 aliphatic heterocycles. The lowest BCUT2D eigenvalue weighted by Crippen LogP contribution is -1.95. The summed E-state index contributed by atoms with van der Waals surface area (Å²) in [5.74, 6) is -0.729. The van der Waals surface area contributed by atoms with E-state index in [1.165, 1.54) is 11.1 Å².